The molecule has 0 N–H and O–H groups in total. The van der Waals surface area contributed by atoms with Gasteiger partial charge in [-0.05, 0) is 50.9 Å². The summed E-state index contributed by atoms with van der Waals surface area (Å²) in [5.74, 6) is 0.232. The highest BCUT2D eigenvalue weighted by molar-refractivity contribution is 6.21. The van der Waals surface area contributed by atoms with Crippen molar-refractivity contribution in [2.45, 2.75) is 0 Å². The molecule has 0 bridgehead atoms. The lowest BCUT2D eigenvalue weighted by Crippen LogP contribution is -2.01. The molecule has 2 aromatic heterocycles. The molecule has 0 atom stereocenters. The predicted molar refractivity (Wildman–Crippen MR) is 217 cm³/mol. The molecular formula is C49H31N3O. The van der Waals surface area contributed by atoms with E-state index in [0.29, 0.717) is 22.3 Å². The molecule has 248 valence electrons. The standard InChI is InChI=1S/C49H31N3O/c1-4-15-32(16-5-1)33-27-29-36(30-28-33)47-50-48(40-24-13-10-21-37(40)34-17-6-2-7-18-34)52-49(51-47)41-25-14-26-44-45(41)43-31-42(35-19-8-3-9-20-35)38-22-11-12-23-39(38)46(43)53-44/h1-31H/i1D,4D,5D,15D,16D,27D,28D,29D,30D. The van der Waals surface area contributed by atoms with E-state index in [2.05, 4.69) is 24.3 Å². The second kappa shape index (κ2) is 12.9. The second-order valence-electron chi connectivity index (χ2n) is 12.5. The van der Waals surface area contributed by atoms with Crippen molar-refractivity contribution in [3.8, 4) is 67.5 Å². The maximum absolute atomic E-state index is 9.31. The topological polar surface area (TPSA) is 51.8 Å². The summed E-state index contributed by atoms with van der Waals surface area (Å²) in [6, 6.07) is 37.6. The zero-order valence-corrected chi connectivity index (χ0v) is 28.0. The van der Waals surface area contributed by atoms with Gasteiger partial charge in [-0.2, -0.15) is 0 Å². The summed E-state index contributed by atoms with van der Waals surface area (Å²) in [5, 5.41) is 3.47. The lowest BCUT2D eigenvalue weighted by Gasteiger charge is -2.13. The van der Waals surface area contributed by atoms with Crippen molar-refractivity contribution in [3.05, 3.63) is 188 Å². The Morgan fingerprint density at radius 1 is 0.377 bits per heavy atom. The molecule has 53 heavy (non-hydrogen) atoms. The van der Waals surface area contributed by atoms with Gasteiger partial charge in [0.15, 0.2) is 17.5 Å². The maximum Gasteiger partial charge on any atom is 0.164 e. The first-order valence-electron chi connectivity index (χ1n) is 21.5. The van der Waals surface area contributed by atoms with Crippen LogP contribution in [0.3, 0.4) is 0 Å². The fourth-order valence-corrected chi connectivity index (χ4v) is 6.89. The van der Waals surface area contributed by atoms with E-state index in [1.807, 2.05) is 109 Å². The lowest BCUT2D eigenvalue weighted by atomic mass is 9.94. The third kappa shape index (κ3) is 5.45. The molecule has 0 spiro atoms. The molecule has 0 amide bonds. The second-order valence-corrected chi connectivity index (χ2v) is 12.5. The van der Waals surface area contributed by atoms with Crippen LogP contribution in [0.4, 0.5) is 0 Å². The highest BCUT2D eigenvalue weighted by Crippen LogP contribution is 2.43. The summed E-state index contributed by atoms with van der Waals surface area (Å²) in [5.41, 5.74) is 5.05. The van der Waals surface area contributed by atoms with Crippen LogP contribution in [0.5, 0.6) is 0 Å². The summed E-state index contributed by atoms with van der Waals surface area (Å²) in [6.45, 7) is 0. The van der Waals surface area contributed by atoms with Gasteiger partial charge in [-0.25, -0.2) is 15.0 Å². The normalized spacial score (nSPS) is 13.8. The molecule has 8 aromatic carbocycles. The Morgan fingerprint density at radius 3 is 1.66 bits per heavy atom. The summed E-state index contributed by atoms with van der Waals surface area (Å²) < 4.78 is 85.3. The van der Waals surface area contributed by atoms with E-state index in [1.54, 1.807) is 0 Å². The number of aromatic nitrogens is 3. The number of fused-ring (bicyclic) bond motifs is 5. The molecular weight excluding hydrogens is 647 g/mol. The van der Waals surface area contributed by atoms with Crippen LogP contribution in [0.15, 0.2) is 192 Å². The van der Waals surface area contributed by atoms with Crippen LogP contribution in [0.1, 0.15) is 12.3 Å². The molecule has 0 saturated heterocycles. The van der Waals surface area contributed by atoms with Gasteiger partial charge in [-0.3, -0.25) is 0 Å². The van der Waals surface area contributed by atoms with E-state index in [4.69, 9.17) is 29.0 Å². The number of hydrogen-bond donors (Lipinski definition) is 0. The third-order valence-electron chi connectivity index (χ3n) is 9.32. The molecule has 0 radical (unpaired) electrons. The van der Waals surface area contributed by atoms with Gasteiger partial charge < -0.3 is 4.42 Å². The molecule has 2 heterocycles. The Kier molecular flexibility index (Phi) is 5.49. The highest BCUT2D eigenvalue weighted by Gasteiger charge is 2.21. The fraction of sp³-hybridized carbons (Fsp3) is 0. The lowest BCUT2D eigenvalue weighted by molar-refractivity contribution is 0.673. The minimum absolute atomic E-state index is 0.155. The quantitative estimate of drug-likeness (QED) is 0.175. The Balaban J connectivity index is 1.28. The van der Waals surface area contributed by atoms with Crippen molar-refractivity contribution in [3.63, 3.8) is 0 Å². The number of furan rings is 1. The molecule has 10 aromatic rings. The number of hydrogen-bond acceptors (Lipinski definition) is 4. The molecule has 0 unspecified atom stereocenters. The van der Waals surface area contributed by atoms with E-state index >= 15 is 0 Å². The van der Waals surface area contributed by atoms with Crippen LogP contribution in [0.2, 0.25) is 0 Å². The van der Waals surface area contributed by atoms with Gasteiger partial charge >= 0.3 is 0 Å². The number of benzene rings is 8. The van der Waals surface area contributed by atoms with Gasteiger partial charge in [-0.1, -0.05) is 176 Å². The molecule has 0 aliphatic heterocycles. The molecule has 0 fully saturated rings. The van der Waals surface area contributed by atoms with E-state index in [-0.39, 0.29) is 23.0 Å². The first-order chi connectivity index (χ1) is 30.0. The maximum atomic E-state index is 9.31. The highest BCUT2D eigenvalue weighted by atomic mass is 16.3. The summed E-state index contributed by atoms with van der Waals surface area (Å²) in [7, 11) is 0. The molecule has 0 aliphatic carbocycles. The van der Waals surface area contributed by atoms with Crippen LogP contribution < -0.4 is 0 Å². The minimum Gasteiger partial charge on any atom is -0.455 e. The van der Waals surface area contributed by atoms with Gasteiger partial charge in [0.1, 0.15) is 11.2 Å². The largest absolute Gasteiger partial charge is 0.455 e. The molecule has 0 aliphatic rings. The summed E-state index contributed by atoms with van der Waals surface area (Å²) in [6.07, 6.45) is 0. The van der Waals surface area contributed by atoms with Crippen molar-refractivity contribution < 1.29 is 16.8 Å². The minimum atomic E-state index is -0.657. The zero-order valence-electron chi connectivity index (χ0n) is 37.0. The summed E-state index contributed by atoms with van der Waals surface area (Å²) >= 11 is 0. The Bertz CT molecular complexity index is 3410. The Hall–Kier alpha value is -7.17. The average Bonchev–Trinajstić information content (AvgIpc) is 3.70. The van der Waals surface area contributed by atoms with Gasteiger partial charge in [0, 0.05) is 32.8 Å². The number of rotatable bonds is 6. The van der Waals surface area contributed by atoms with E-state index in [9.17, 15) is 2.74 Å². The SMILES string of the molecule is [2H]c1c([2H])c([2H])c(-c2c([2H])c([2H])c(-c3nc(-c4ccccc4-c4ccccc4)nc(-c4cccc5oc6c7ccccc7c(-c7ccccc7)cc6c45)n3)c([2H])c2[2H])c([2H])c1[2H]. The van der Waals surface area contributed by atoms with Crippen molar-refractivity contribution in [1.82, 2.24) is 15.0 Å². The molecule has 4 heteroatoms. The molecule has 0 saturated carbocycles. The zero-order chi connectivity index (χ0) is 43.0. The third-order valence-corrected chi connectivity index (χ3v) is 9.32. The van der Waals surface area contributed by atoms with E-state index in [1.165, 1.54) is 0 Å². The van der Waals surface area contributed by atoms with Crippen LogP contribution >= 0.6 is 0 Å². The van der Waals surface area contributed by atoms with Crippen LogP contribution in [-0.4, -0.2) is 15.0 Å². The van der Waals surface area contributed by atoms with Gasteiger partial charge in [-0.15, -0.1) is 0 Å². The molecule has 4 nitrogen and oxygen atoms in total. The van der Waals surface area contributed by atoms with Gasteiger partial charge in [0.25, 0.3) is 0 Å². The smallest absolute Gasteiger partial charge is 0.164 e. The predicted octanol–water partition coefficient (Wildman–Crippen LogP) is 12.9. The first kappa shape index (κ1) is 22.6. The van der Waals surface area contributed by atoms with Crippen molar-refractivity contribution in [2.24, 2.45) is 0 Å². The Morgan fingerprint density at radius 2 is 0.925 bits per heavy atom. The number of nitrogens with zero attached hydrogens (tertiary/aromatic N) is 3. The average molecular weight is 687 g/mol. The van der Waals surface area contributed by atoms with Crippen molar-refractivity contribution in [2.75, 3.05) is 0 Å². The van der Waals surface area contributed by atoms with Gasteiger partial charge in [0.05, 0.1) is 12.3 Å². The molecule has 10 rings (SSSR count). The first-order valence-corrected chi connectivity index (χ1v) is 17.0. The summed E-state index contributed by atoms with van der Waals surface area (Å²) in [4.78, 5) is 14.9. The van der Waals surface area contributed by atoms with Gasteiger partial charge in [0.2, 0.25) is 0 Å². The fourth-order valence-electron chi connectivity index (χ4n) is 6.89. The van der Waals surface area contributed by atoms with Crippen LogP contribution in [-0.2, 0) is 0 Å². The van der Waals surface area contributed by atoms with Crippen LogP contribution in [0, 0.1) is 0 Å². The monoisotopic (exact) mass is 686 g/mol. The van der Waals surface area contributed by atoms with Crippen molar-refractivity contribution >= 4 is 32.7 Å². The Labute approximate surface area is 319 Å². The van der Waals surface area contributed by atoms with Crippen molar-refractivity contribution in [1.29, 1.82) is 0 Å². The van der Waals surface area contributed by atoms with Crippen LogP contribution in [0.25, 0.3) is 100 Å². The van der Waals surface area contributed by atoms with E-state index in [0.717, 1.165) is 43.8 Å². The van der Waals surface area contributed by atoms with E-state index < -0.39 is 65.5 Å².